The maximum Gasteiger partial charge on any atom is 0.197 e. The van der Waals surface area contributed by atoms with Crippen LogP contribution in [0.2, 0.25) is 0 Å². The van der Waals surface area contributed by atoms with Gasteiger partial charge >= 0.3 is 0 Å². The van der Waals surface area contributed by atoms with E-state index in [1.165, 1.54) is 6.08 Å². The third-order valence-electron chi connectivity index (χ3n) is 3.27. The van der Waals surface area contributed by atoms with Gasteiger partial charge in [0.1, 0.15) is 11.5 Å². The van der Waals surface area contributed by atoms with E-state index in [1.54, 1.807) is 61.7 Å². The van der Waals surface area contributed by atoms with Crippen LogP contribution in [0.15, 0.2) is 52.0 Å². The zero-order valence-electron chi connectivity index (χ0n) is 12.2. The molecule has 22 heavy (non-hydrogen) atoms. The Bertz CT molecular complexity index is 813. The number of carbonyl (C=O) groups is 2. The summed E-state index contributed by atoms with van der Waals surface area (Å²) in [6.07, 6.45) is 2.88. The van der Waals surface area contributed by atoms with Crippen molar-refractivity contribution in [2.24, 2.45) is 5.10 Å². The van der Waals surface area contributed by atoms with Crippen LogP contribution < -0.4 is 0 Å². The first kappa shape index (κ1) is 14.0. The monoisotopic (exact) mass is 294 g/mol. The van der Waals surface area contributed by atoms with E-state index in [0.717, 1.165) is 0 Å². The van der Waals surface area contributed by atoms with Gasteiger partial charge in [-0.15, -0.1) is 0 Å². The lowest BCUT2D eigenvalue weighted by molar-refractivity contribution is 0.100. The lowest BCUT2D eigenvalue weighted by atomic mass is 9.88. The quantitative estimate of drug-likeness (QED) is 0.645. The Kier molecular flexibility index (Phi) is 3.47. The summed E-state index contributed by atoms with van der Waals surface area (Å²) in [4.78, 5) is 24.6. The molecule has 0 atom stereocenters. The molecule has 0 amide bonds. The van der Waals surface area contributed by atoms with Gasteiger partial charge in [-0.1, -0.05) is 24.3 Å². The molecule has 0 bridgehead atoms. The summed E-state index contributed by atoms with van der Waals surface area (Å²) in [5.74, 6) is 0.488. The summed E-state index contributed by atoms with van der Waals surface area (Å²) >= 11 is 0. The highest BCUT2D eigenvalue weighted by Gasteiger charge is 2.27. The van der Waals surface area contributed by atoms with Crippen LogP contribution >= 0.6 is 0 Å². The van der Waals surface area contributed by atoms with Crippen LogP contribution in [0.3, 0.4) is 0 Å². The van der Waals surface area contributed by atoms with E-state index in [4.69, 9.17) is 4.42 Å². The predicted octanol–water partition coefficient (Wildman–Crippen LogP) is 2.64. The SMILES string of the molecule is CN(C)/N=C/c1ccc(C2=CC(=O)c3ccccc3C2=O)o1. The number of fused-ring (bicyclic) bond motifs is 1. The maximum absolute atomic E-state index is 12.5. The Balaban J connectivity index is 1.97. The Morgan fingerprint density at radius 3 is 2.50 bits per heavy atom. The van der Waals surface area contributed by atoms with Gasteiger partial charge in [-0.05, 0) is 12.1 Å². The van der Waals surface area contributed by atoms with Crippen LogP contribution in [-0.2, 0) is 0 Å². The number of ketones is 2. The van der Waals surface area contributed by atoms with Crippen LogP contribution in [-0.4, -0.2) is 36.9 Å². The number of Topliss-reactive ketones (excluding diaryl/α,β-unsaturated/α-hetero) is 1. The number of hydrogen-bond acceptors (Lipinski definition) is 5. The molecule has 1 aliphatic rings. The fraction of sp³-hybridized carbons (Fsp3) is 0.118. The number of rotatable bonds is 3. The van der Waals surface area contributed by atoms with E-state index in [9.17, 15) is 9.59 Å². The van der Waals surface area contributed by atoms with Gasteiger partial charge in [0.25, 0.3) is 0 Å². The molecule has 3 rings (SSSR count). The first-order chi connectivity index (χ1) is 10.6. The number of carbonyl (C=O) groups excluding carboxylic acids is 2. The molecule has 5 heteroatoms. The molecule has 1 aromatic heterocycles. The van der Waals surface area contributed by atoms with Gasteiger partial charge < -0.3 is 9.43 Å². The number of nitrogens with zero attached hydrogens (tertiary/aromatic N) is 2. The molecule has 0 radical (unpaired) electrons. The number of allylic oxidation sites excluding steroid dienone is 2. The molecular weight excluding hydrogens is 280 g/mol. The predicted molar refractivity (Wildman–Crippen MR) is 83.1 cm³/mol. The average molecular weight is 294 g/mol. The normalized spacial score (nSPS) is 14.2. The molecule has 1 aliphatic carbocycles. The fourth-order valence-corrected chi connectivity index (χ4v) is 2.24. The van der Waals surface area contributed by atoms with Crippen LogP contribution in [0.5, 0.6) is 0 Å². The van der Waals surface area contributed by atoms with Crippen molar-refractivity contribution in [1.29, 1.82) is 0 Å². The van der Waals surface area contributed by atoms with Crippen molar-refractivity contribution >= 4 is 23.4 Å². The third kappa shape index (κ3) is 2.48. The van der Waals surface area contributed by atoms with Crippen molar-refractivity contribution in [2.45, 2.75) is 0 Å². The first-order valence-corrected chi connectivity index (χ1v) is 6.77. The topological polar surface area (TPSA) is 62.9 Å². The summed E-state index contributed by atoms with van der Waals surface area (Å²) in [6.45, 7) is 0. The third-order valence-corrected chi connectivity index (χ3v) is 3.27. The molecule has 0 unspecified atom stereocenters. The van der Waals surface area contributed by atoms with Gasteiger partial charge in [-0.25, -0.2) is 0 Å². The highest BCUT2D eigenvalue weighted by Crippen LogP contribution is 2.28. The molecule has 1 aromatic carbocycles. The summed E-state index contributed by atoms with van der Waals surface area (Å²) in [5.41, 5.74) is 1.11. The summed E-state index contributed by atoms with van der Waals surface area (Å²) in [7, 11) is 3.59. The minimum absolute atomic E-state index is 0.190. The largest absolute Gasteiger partial charge is 0.455 e. The molecule has 0 N–H and O–H groups in total. The lowest BCUT2D eigenvalue weighted by Crippen LogP contribution is -2.15. The molecule has 0 saturated carbocycles. The van der Waals surface area contributed by atoms with E-state index >= 15 is 0 Å². The Morgan fingerprint density at radius 2 is 1.77 bits per heavy atom. The van der Waals surface area contributed by atoms with Gasteiger partial charge in [0.05, 0.1) is 11.8 Å². The zero-order valence-corrected chi connectivity index (χ0v) is 12.2. The zero-order chi connectivity index (χ0) is 15.7. The number of furan rings is 1. The molecule has 0 aliphatic heterocycles. The average Bonchev–Trinajstić information content (AvgIpc) is 2.97. The van der Waals surface area contributed by atoms with Crippen molar-refractivity contribution in [2.75, 3.05) is 14.1 Å². The van der Waals surface area contributed by atoms with Crippen LogP contribution in [0.25, 0.3) is 5.57 Å². The van der Waals surface area contributed by atoms with Crippen molar-refractivity contribution in [3.63, 3.8) is 0 Å². The van der Waals surface area contributed by atoms with Crippen molar-refractivity contribution < 1.29 is 14.0 Å². The van der Waals surface area contributed by atoms with Gasteiger partial charge in [-0.2, -0.15) is 5.10 Å². The van der Waals surface area contributed by atoms with E-state index in [0.29, 0.717) is 22.6 Å². The molecule has 1 heterocycles. The number of hydrogen-bond donors (Lipinski definition) is 0. The fourth-order valence-electron chi connectivity index (χ4n) is 2.24. The molecule has 110 valence electrons. The molecule has 5 nitrogen and oxygen atoms in total. The van der Waals surface area contributed by atoms with Crippen LogP contribution in [0, 0.1) is 0 Å². The maximum atomic E-state index is 12.5. The standard InChI is InChI=1S/C17H14N2O3/c1-19(2)18-10-11-7-8-16(22-11)14-9-15(20)12-5-3-4-6-13(12)17(14)21/h3-10H,1-2H3/b18-10+. The first-order valence-electron chi connectivity index (χ1n) is 6.77. The Hall–Kier alpha value is -2.95. The summed E-state index contributed by atoms with van der Waals surface area (Å²) in [6, 6.07) is 10.2. The molecule has 0 spiro atoms. The minimum atomic E-state index is -0.208. The highest BCUT2D eigenvalue weighted by molar-refractivity contribution is 6.38. The van der Waals surface area contributed by atoms with E-state index < -0.39 is 0 Å². The minimum Gasteiger partial charge on any atom is -0.455 e. The Morgan fingerprint density at radius 1 is 1.05 bits per heavy atom. The van der Waals surface area contributed by atoms with E-state index in [-0.39, 0.29) is 17.1 Å². The van der Waals surface area contributed by atoms with Crippen molar-refractivity contribution in [3.8, 4) is 0 Å². The molecule has 2 aromatic rings. The van der Waals surface area contributed by atoms with Crippen molar-refractivity contribution in [3.05, 3.63) is 65.1 Å². The number of benzene rings is 1. The second-order valence-corrected chi connectivity index (χ2v) is 5.09. The second-order valence-electron chi connectivity index (χ2n) is 5.09. The van der Waals surface area contributed by atoms with E-state index in [2.05, 4.69) is 5.10 Å². The molecular formula is C17H14N2O3. The summed E-state index contributed by atoms with van der Waals surface area (Å²) < 4.78 is 5.59. The van der Waals surface area contributed by atoms with Gasteiger partial charge in [0, 0.05) is 31.3 Å². The van der Waals surface area contributed by atoms with E-state index in [1.807, 2.05) is 0 Å². The van der Waals surface area contributed by atoms with Gasteiger partial charge in [0.2, 0.25) is 0 Å². The van der Waals surface area contributed by atoms with Crippen molar-refractivity contribution in [1.82, 2.24) is 5.01 Å². The highest BCUT2D eigenvalue weighted by atomic mass is 16.3. The number of hydrazone groups is 1. The Labute approximate surface area is 127 Å². The van der Waals surface area contributed by atoms with Gasteiger partial charge in [0.15, 0.2) is 11.6 Å². The molecule has 0 saturated heterocycles. The smallest absolute Gasteiger partial charge is 0.197 e. The van der Waals surface area contributed by atoms with Crippen LogP contribution in [0.4, 0.5) is 0 Å². The van der Waals surface area contributed by atoms with Gasteiger partial charge in [-0.3, -0.25) is 9.59 Å². The summed E-state index contributed by atoms with van der Waals surface area (Å²) in [5, 5.41) is 5.70. The van der Waals surface area contributed by atoms with Crippen LogP contribution in [0.1, 0.15) is 32.2 Å². The lowest BCUT2D eigenvalue weighted by Gasteiger charge is -2.13. The second kappa shape index (κ2) is 5.44. The molecule has 0 fully saturated rings.